The van der Waals surface area contributed by atoms with Gasteiger partial charge in [0.25, 0.3) is 5.91 Å². The quantitative estimate of drug-likeness (QED) is 0.486. The van der Waals surface area contributed by atoms with Crippen LogP contribution in [0.15, 0.2) is 67.0 Å². The second kappa shape index (κ2) is 11.0. The van der Waals surface area contributed by atoms with E-state index in [0.29, 0.717) is 33.6 Å². The molecule has 30 heavy (non-hydrogen) atoms. The fraction of sp³-hybridized carbons (Fsp3) is 0.136. The predicted octanol–water partition coefficient (Wildman–Crippen LogP) is 5.19. The number of amides is 2. The molecule has 0 fully saturated rings. The number of pyridine rings is 1. The number of aromatic nitrogens is 1. The highest BCUT2D eigenvalue weighted by atomic mass is 35.5. The first-order chi connectivity index (χ1) is 14.5. The third-order valence-electron chi connectivity index (χ3n) is 4.16. The number of nitrogens with zero attached hydrogens (tertiary/aromatic N) is 1. The molecule has 0 aliphatic carbocycles. The van der Waals surface area contributed by atoms with Gasteiger partial charge in [0.15, 0.2) is 0 Å². The molecule has 154 valence electrons. The molecule has 3 rings (SSSR count). The number of thioether (sulfide) groups is 1. The molecule has 5 nitrogen and oxygen atoms in total. The number of carbonyl (C=O) groups is 2. The fourth-order valence-electron chi connectivity index (χ4n) is 2.67. The van der Waals surface area contributed by atoms with Crippen LogP contribution in [-0.4, -0.2) is 22.6 Å². The normalized spacial score (nSPS) is 10.5. The van der Waals surface area contributed by atoms with Gasteiger partial charge in [0.05, 0.1) is 17.0 Å². The highest BCUT2D eigenvalue weighted by Crippen LogP contribution is 2.28. The van der Waals surface area contributed by atoms with Crippen LogP contribution in [0.1, 0.15) is 21.5 Å². The third kappa shape index (κ3) is 6.23. The van der Waals surface area contributed by atoms with Crippen molar-refractivity contribution in [2.45, 2.75) is 12.3 Å². The SMILES string of the molecule is O=C(CSCc1c(Cl)cccc1Cl)Nc1ccccc1C(=O)NCc1cccnc1. The van der Waals surface area contributed by atoms with Gasteiger partial charge in [-0.1, -0.05) is 47.5 Å². The summed E-state index contributed by atoms with van der Waals surface area (Å²) < 4.78 is 0. The van der Waals surface area contributed by atoms with Gasteiger partial charge in [-0.3, -0.25) is 14.6 Å². The Morgan fingerprint density at radius 1 is 0.967 bits per heavy atom. The van der Waals surface area contributed by atoms with Crippen molar-refractivity contribution in [3.05, 3.63) is 93.7 Å². The molecule has 0 atom stereocenters. The lowest BCUT2D eigenvalue weighted by atomic mass is 10.1. The van der Waals surface area contributed by atoms with Crippen molar-refractivity contribution < 1.29 is 9.59 Å². The highest BCUT2D eigenvalue weighted by molar-refractivity contribution is 7.99. The van der Waals surface area contributed by atoms with Crippen LogP contribution in [0.3, 0.4) is 0 Å². The van der Waals surface area contributed by atoms with Gasteiger partial charge >= 0.3 is 0 Å². The van der Waals surface area contributed by atoms with Crippen LogP contribution < -0.4 is 10.6 Å². The van der Waals surface area contributed by atoms with E-state index < -0.39 is 0 Å². The van der Waals surface area contributed by atoms with Gasteiger partial charge in [0.2, 0.25) is 5.91 Å². The van der Waals surface area contributed by atoms with Crippen molar-refractivity contribution in [2.75, 3.05) is 11.1 Å². The summed E-state index contributed by atoms with van der Waals surface area (Å²) in [6.45, 7) is 0.351. The zero-order chi connectivity index (χ0) is 21.3. The smallest absolute Gasteiger partial charge is 0.253 e. The van der Waals surface area contributed by atoms with E-state index in [9.17, 15) is 9.59 Å². The molecule has 0 unspecified atom stereocenters. The molecular weight excluding hydrogens is 441 g/mol. The van der Waals surface area contributed by atoms with Gasteiger partial charge in [-0.2, -0.15) is 0 Å². The molecule has 1 heterocycles. The summed E-state index contributed by atoms with van der Waals surface area (Å²) in [6.07, 6.45) is 3.37. The fourth-order valence-corrected chi connectivity index (χ4v) is 4.24. The van der Waals surface area contributed by atoms with Crippen LogP contribution in [0.4, 0.5) is 5.69 Å². The zero-order valence-corrected chi connectivity index (χ0v) is 18.2. The number of hydrogen-bond donors (Lipinski definition) is 2. The first kappa shape index (κ1) is 22.2. The van der Waals surface area contributed by atoms with E-state index in [1.54, 1.807) is 54.9 Å². The average Bonchev–Trinajstić information content (AvgIpc) is 2.75. The van der Waals surface area contributed by atoms with Crippen molar-refractivity contribution in [3.63, 3.8) is 0 Å². The predicted molar refractivity (Wildman–Crippen MR) is 123 cm³/mol. The lowest BCUT2D eigenvalue weighted by Gasteiger charge is -2.12. The molecule has 2 N–H and O–H groups in total. The average molecular weight is 460 g/mol. The van der Waals surface area contributed by atoms with Crippen molar-refractivity contribution in [1.29, 1.82) is 0 Å². The molecule has 8 heteroatoms. The standard InChI is InChI=1S/C22H19Cl2N3O2S/c23-18-7-3-8-19(24)17(18)13-30-14-21(28)27-20-9-2-1-6-16(20)22(29)26-12-15-5-4-10-25-11-15/h1-11H,12-14H2,(H,26,29)(H,27,28). The second-order valence-electron chi connectivity index (χ2n) is 6.33. The van der Waals surface area contributed by atoms with Crippen LogP contribution >= 0.6 is 35.0 Å². The van der Waals surface area contributed by atoms with Gasteiger partial charge in [-0.05, 0) is 41.5 Å². The highest BCUT2D eigenvalue weighted by Gasteiger charge is 2.14. The minimum atomic E-state index is -0.273. The molecule has 0 saturated heterocycles. The van der Waals surface area contributed by atoms with Gasteiger partial charge in [0, 0.05) is 34.7 Å². The van der Waals surface area contributed by atoms with E-state index in [1.807, 2.05) is 12.1 Å². The monoisotopic (exact) mass is 459 g/mol. The lowest BCUT2D eigenvalue weighted by molar-refractivity contribution is -0.113. The topological polar surface area (TPSA) is 71.1 Å². The molecule has 2 aromatic carbocycles. The number of nitrogens with one attached hydrogen (secondary N) is 2. The molecule has 0 aliphatic heterocycles. The molecule has 2 amide bonds. The van der Waals surface area contributed by atoms with Crippen molar-refractivity contribution in [2.24, 2.45) is 0 Å². The Kier molecular flexibility index (Phi) is 8.13. The first-order valence-corrected chi connectivity index (χ1v) is 11.0. The maximum atomic E-state index is 12.6. The number of para-hydroxylation sites is 1. The molecule has 0 radical (unpaired) electrons. The summed E-state index contributed by atoms with van der Waals surface area (Å²) in [5.41, 5.74) is 2.55. The van der Waals surface area contributed by atoms with E-state index in [0.717, 1.165) is 11.1 Å². The van der Waals surface area contributed by atoms with Crippen LogP contribution in [0.2, 0.25) is 10.0 Å². The second-order valence-corrected chi connectivity index (χ2v) is 8.13. The zero-order valence-electron chi connectivity index (χ0n) is 15.9. The van der Waals surface area contributed by atoms with E-state index in [4.69, 9.17) is 23.2 Å². The maximum Gasteiger partial charge on any atom is 0.253 e. The molecular formula is C22H19Cl2N3O2S. The molecule has 1 aromatic heterocycles. The summed E-state index contributed by atoms with van der Waals surface area (Å²) in [5, 5.41) is 6.80. The molecule has 0 aliphatic rings. The molecule has 3 aromatic rings. The summed E-state index contributed by atoms with van der Waals surface area (Å²) in [7, 11) is 0. The largest absolute Gasteiger partial charge is 0.348 e. The van der Waals surface area contributed by atoms with Crippen molar-refractivity contribution in [1.82, 2.24) is 10.3 Å². The third-order valence-corrected chi connectivity index (χ3v) is 5.83. The van der Waals surface area contributed by atoms with E-state index >= 15 is 0 Å². The summed E-state index contributed by atoms with van der Waals surface area (Å²) >= 11 is 13.7. The number of halogens is 2. The van der Waals surface area contributed by atoms with E-state index in [1.165, 1.54) is 11.8 Å². The summed E-state index contributed by atoms with van der Waals surface area (Å²) in [6, 6.07) is 15.9. The Morgan fingerprint density at radius 2 is 1.73 bits per heavy atom. The van der Waals surface area contributed by atoms with Crippen LogP contribution in [0.5, 0.6) is 0 Å². The van der Waals surface area contributed by atoms with Crippen LogP contribution in [0, 0.1) is 0 Å². The minimum absolute atomic E-state index is 0.202. The van der Waals surface area contributed by atoms with Gasteiger partial charge in [0.1, 0.15) is 0 Å². The first-order valence-electron chi connectivity index (χ1n) is 9.11. The Bertz CT molecular complexity index is 1010. The molecule has 0 bridgehead atoms. The summed E-state index contributed by atoms with van der Waals surface area (Å²) in [4.78, 5) is 29.0. The molecule has 0 saturated carbocycles. The number of hydrogen-bond acceptors (Lipinski definition) is 4. The Balaban J connectivity index is 1.56. The lowest BCUT2D eigenvalue weighted by Crippen LogP contribution is -2.25. The maximum absolute atomic E-state index is 12.6. The number of rotatable bonds is 8. The Hall–Kier alpha value is -2.54. The van der Waals surface area contributed by atoms with E-state index in [-0.39, 0.29) is 17.6 Å². The van der Waals surface area contributed by atoms with Crippen LogP contribution in [-0.2, 0) is 17.1 Å². The van der Waals surface area contributed by atoms with Gasteiger partial charge < -0.3 is 10.6 Å². The van der Waals surface area contributed by atoms with Crippen molar-refractivity contribution in [3.8, 4) is 0 Å². The number of benzene rings is 2. The van der Waals surface area contributed by atoms with Gasteiger partial charge in [-0.25, -0.2) is 0 Å². The Morgan fingerprint density at radius 3 is 2.47 bits per heavy atom. The summed E-state index contributed by atoms with van der Waals surface area (Å²) in [5.74, 6) is 0.229. The number of carbonyl (C=O) groups excluding carboxylic acids is 2. The van der Waals surface area contributed by atoms with E-state index in [2.05, 4.69) is 15.6 Å². The van der Waals surface area contributed by atoms with Gasteiger partial charge in [-0.15, -0.1) is 11.8 Å². The minimum Gasteiger partial charge on any atom is -0.348 e. The molecule has 0 spiro atoms. The van der Waals surface area contributed by atoms with Crippen LogP contribution in [0.25, 0.3) is 0 Å². The number of anilines is 1. The Labute approximate surface area is 189 Å². The van der Waals surface area contributed by atoms with Crippen molar-refractivity contribution >= 4 is 52.5 Å².